The van der Waals surface area contributed by atoms with Crippen LogP contribution < -0.4 is 5.73 Å². The molecular weight excluding hydrogens is 224 g/mol. The highest BCUT2D eigenvalue weighted by Crippen LogP contribution is 2.51. The molecule has 0 spiro atoms. The number of nitrogens with two attached hydrogens (primary N) is 1. The lowest BCUT2D eigenvalue weighted by Crippen LogP contribution is -2.55. The first-order chi connectivity index (χ1) is 8.60. The van der Waals surface area contributed by atoms with E-state index in [1.165, 1.54) is 32.1 Å². The number of nitrogens with zero attached hydrogens (tertiary/aromatic N) is 1. The van der Waals surface area contributed by atoms with E-state index in [9.17, 15) is 5.11 Å². The van der Waals surface area contributed by atoms with Gasteiger partial charge in [-0.2, -0.15) is 0 Å². The summed E-state index contributed by atoms with van der Waals surface area (Å²) in [6.45, 7) is 3.81. The summed E-state index contributed by atoms with van der Waals surface area (Å²) in [5, 5.41) is 11.3. The highest BCUT2D eigenvalue weighted by atomic mass is 16.3. The third-order valence-electron chi connectivity index (χ3n) is 5.85. The third kappa shape index (κ3) is 1.91. The van der Waals surface area contributed by atoms with Crippen molar-refractivity contribution < 1.29 is 5.11 Å². The highest BCUT2D eigenvalue weighted by molar-refractivity contribution is 5.10. The van der Waals surface area contributed by atoms with Gasteiger partial charge in [0.2, 0.25) is 0 Å². The number of aliphatic hydroxyl groups is 1. The lowest BCUT2D eigenvalue weighted by Gasteiger charge is -2.47. The van der Waals surface area contributed by atoms with E-state index in [1.54, 1.807) is 0 Å². The topological polar surface area (TPSA) is 49.5 Å². The predicted molar refractivity (Wildman–Crippen MR) is 73.3 cm³/mol. The first-order valence-corrected chi connectivity index (χ1v) is 7.78. The van der Waals surface area contributed by atoms with E-state index in [1.807, 2.05) is 0 Å². The standard InChI is InChI=1S/C15H28N2O/c1-12-9-15(18,11-17(12)13-5-6-13)14(10-16)7-3-2-4-8-14/h12-13,18H,2-11,16H2,1H3. The summed E-state index contributed by atoms with van der Waals surface area (Å²) >= 11 is 0. The average Bonchev–Trinajstić information content (AvgIpc) is 3.16. The van der Waals surface area contributed by atoms with Crippen LogP contribution in [-0.2, 0) is 0 Å². The Morgan fingerprint density at radius 1 is 1.22 bits per heavy atom. The van der Waals surface area contributed by atoms with Crippen LogP contribution in [0.1, 0.15) is 58.3 Å². The second kappa shape index (κ2) is 4.46. The zero-order valence-electron chi connectivity index (χ0n) is 11.7. The second-order valence-corrected chi connectivity index (χ2v) is 7.03. The minimum atomic E-state index is -0.524. The molecular formula is C15H28N2O. The molecule has 104 valence electrons. The molecule has 2 aliphatic carbocycles. The van der Waals surface area contributed by atoms with E-state index in [0.717, 1.165) is 31.8 Å². The summed E-state index contributed by atoms with van der Waals surface area (Å²) in [7, 11) is 0. The first kappa shape index (κ1) is 12.9. The average molecular weight is 252 g/mol. The van der Waals surface area contributed by atoms with E-state index in [4.69, 9.17) is 5.73 Å². The van der Waals surface area contributed by atoms with Gasteiger partial charge in [0.15, 0.2) is 0 Å². The van der Waals surface area contributed by atoms with Crippen LogP contribution in [0.4, 0.5) is 0 Å². The van der Waals surface area contributed by atoms with Crippen molar-refractivity contribution in [3.63, 3.8) is 0 Å². The fraction of sp³-hybridized carbons (Fsp3) is 1.00. The Balaban J connectivity index is 1.80. The smallest absolute Gasteiger partial charge is 0.0856 e. The predicted octanol–water partition coefficient (Wildman–Crippen LogP) is 1.88. The molecule has 0 bridgehead atoms. The molecule has 3 nitrogen and oxygen atoms in total. The molecule has 1 aliphatic heterocycles. The van der Waals surface area contributed by atoms with Crippen LogP contribution >= 0.6 is 0 Å². The van der Waals surface area contributed by atoms with Crippen molar-refractivity contribution in [3.8, 4) is 0 Å². The van der Waals surface area contributed by atoms with Gasteiger partial charge in [0.25, 0.3) is 0 Å². The van der Waals surface area contributed by atoms with Gasteiger partial charge in [-0.1, -0.05) is 19.3 Å². The third-order valence-corrected chi connectivity index (χ3v) is 5.85. The van der Waals surface area contributed by atoms with Gasteiger partial charge in [-0.25, -0.2) is 0 Å². The molecule has 0 aromatic heterocycles. The van der Waals surface area contributed by atoms with E-state index in [0.29, 0.717) is 12.6 Å². The molecule has 1 heterocycles. The molecule has 1 saturated heterocycles. The molecule has 18 heavy (non-hydrogen) atoms. The van der Waals surface area contributed by atoms with E-state index < -0.39 is 5.60 Å². The molecule has 0 amide bonds. The van der Waals surface area contributed by atoms with E-state index in [2.05, 4.69) is 11.8 Å². The van der Waals surface area contributed by atoms with Crippen molar-refractivity contribution in [3.05, 3.63) is 0 Å². The zero-order valence-corrected chi connectivity index (χ0v) is 11.7. The minimum Gasteiger partial charge on any atom is -0.388 e. The molecule has 3 fully saturated rings. The molecule has 2 atom stereocenters. The fourth-order valence-corrected chi connectivity index (χ4v) is 4.50. The summed E-state index contributed by atoms with van der Waals surface area (Å²) in [4.78, 5) is 2.55. The Labute approximate surface area is 111 Å². The van der Waals surface area contributed by atoms with E-state index in [-0.39, 0.29) is 5.41 Å². The van der Waals surface area contributed by atoms with Crippen LogP contribution in [-0.4, -0.2) is 40.8 Å². The minimum absolute atomic E-state index is 0.00313. The molecule has 3 rings (SSSR count). The number of likely N-dealkylation sites (tertiary alicyclic amines) is 1. The van der Waals surface area contributed by atoms with Gasteiger partial charge in [-0.05, 0) is 39.0 Å². The van der Waals surface area contributed by atoms with Crippen LogP contribution in [0.15, 0.2) is 0 Å². The lowest BCUT2D eigenvalue weighted by atomic mass is 9.62. The lowest BCUT2D eigenvalue weighted by molar-refractivity contribution is -0.0908. The maximum absolute atomic E-state index is 11.3. The van der Waals surface area contributed by atoms with Crippen molar-refractivity contribution >= 4 is 0 Å². The van der Waals surface area contributed by atoms with Gasteiger partial charge < -0.3 is 10.8 Å². The van der Waals surface area contributed by atoms with Crippen molar-refractivity contribution in [1.29, 1.82) is 0 Å². The molecule has 0 aromatic rings. The number of β-amino-alcohol motifs (C(OH)–C–C–N with tert-alkyl or cyclic N) is 1. The normalized spacial score (nSPS) is 41.2. The summed E-state index contributed by atoms with van der Waals surface area (Å²) in [6, 6.07) is 1.29. The summed E-state index contributed by atoms with van der Waals surface area (Å²) in [5.74, 6) is 0. The fourth-order valence-electron chi connectivity index (χ4n) is 4.50. The molecule has 3 N–H and O–H groups in total. The molecule has 2 unspecified atom stereocenters. The Morgan fingerprint density at radius 3 is 2.44 bits per heavy atom. The first-order valence-electron chi connectivity index (χ1n) is 7.78. The molecule has 2 saturated carbocycles. The SMILES string of the molecule is CC1CC(O)(C2(CN)CCCCC2)CN1C1CC1. The van der Waals surface area contributed by atoms with Crippen molar-refractivity contribution in [2.75, 3.05) is 13.1 Å². The molecule has 0 aromatic carbocycles. The molecule has 3 aliphatic rings. The summed E-state index contributed by atoms with van der Waals surface area (Å²) in [6.07, 6.45) is 9.66. The largest absolute Gasteiger partial charge is 0.388 e. The summed E-state index contributed by atoms with van der Waals surface area (Å²) < 4.78 is 0. The maximum Gasteiger partial charge on any atom is 0.0856 e. The van der Waals surface area contributed by atoms with Crippen molar-refractivity contribution in [1.82, 2.24) is 4.90 Å². The molecule has 0 radical (unpaired) electrons. The van der Waals surface area contributed by atoms with Gasteiger partial charge in [0.1, 0.15) is 0 Å². The zero-order chi connectivity index (χ0) is 12.8. The Bertz CT molecular complexity index is 310. The monoisotopic (exact) mass is 252 g/mol. The molecule has 3 heteroatoms. The number of hydrogen-bond donors (Lipinski definition) is 2. The maximum atomic E-state index is 11.3. The van der Waals surface area contributed by atoms with Gasteiger partial charge in [-0.3, -0.25) is 4.90 Å². The Kier molecular flexibility index (Phi) is 3.20. The van der Waals surface area contributed by atoms with Crippen LogP contribution in [0.2, 0.25) is 0 Å². The number of hydrogen-bond acceptors (Lipinski definition) is 3. The Hall–Kier alpha value is -0.120. The van der Waals surface area contributed by atoms with E-state index >= 15 is 0 Å². The van der Waals surface area contributed by atoms with Crippen LogP contribution in [0.25, 0.3) is 0 Å². The van der Waals surface area contributed by atoms with Gasteiger partial charge >= 0.3 is 0 Å². The van der Waals surface area contributed by atoms with Crippen molar-refractivity contribution in [2.24, 2.45) is 11.1 Å². The van der Waals surface area contributed by atoms with Crippen LogP contribution in [0, 0.1) is 5.41 Å². The quantitative estimate of drug-likeness (QED) is 0.806. The number of rotatable bonds is 3. The van der Waals surface area contributed by atoms with Gasteiger partial charge in [-0.15, -0.1) is 0 Å². The summed E-state index contributed by atoms with van der Waals surface area (Å²) in [5.41, 5.74) is 5.59. The van der Waals surface area contributed by atoms with Crippen molar-refractivity contribution in [2.45, 2.75) is 76.0 Å². The highest BCUT2D eigenvalue weighted by Gasteiger charge is 2.56. The second-order valence-electron chi connectivity index (χ2n) is 7.03. The van der Waals surface area contributed by atoms with Crippen LogP contribution in [0.3, 0.4) is 0 Å². The Morgan fingerprint density at radius 2 is 1.89 bits per heavy atom. The van der Waals surface area contributed by atoms with Gasteiger partial charge in [0, 0.05) is 30.6 Å². The van der Waals surface area contributed by atoms with Gasteiger partial charge in [0.05, 0.1) is 5.60 Å². The van der Waals surface area contributed by atoms with Crippen LogP contribution in [0.5, 0.6) is 0 Å².